The van der Waals surface area contributed by atoms with Crippen molar-refractivity contribution < 1.29 is 14.3 Å². The Morgan fingerprint density at radius 3 is 2.47 bits per heavy atom. The molecule has 4 nitrogen and oxygen atoms in total. The zero-order valence-electron chi connectivity index (χ0n) is 8.96. The van der Waals surface area contributed by atoms with Crippen LogP contribution in [0.15, 0.2) is 16.6 Å². The lowest BCUT2D eigenvalue weighted by atomic mass is 10.2. The molecule has 1 rings (SSSR count). The van der Waals surface area contributed by atoms with E-state index in [1.54, 1.807) is 21.3 Å². The van der Waals surface area contributed by atoms with Crippen molar-refractivity contribution in [1.29, 1.82) is 0 Å². The Labute approximate surface area is 97.6 Å². The van der Waals surface area contributed by atoms with Gasteiger partial charge < -0.3 is 14.3 Å². The Balaban J connectivity index is 2.97. The molecule has 0 spiro atoms. The number of benzene rings is 1. The van der Waals surface area contributed by atoms with Crippen LogP contribution in [0.5, 0.6) is 11.5 Å². The van der Waals surface area contributed by atoms with Gasteiger partial charge in [-0.1, -0.05) is 0 Å². The van der Waals surface area contributed by atoms with E-state index in [-0.39, 0.29) is 0 Å². The van der Waals surface area contributed by atoms with Crippen LogP contribution in [0.1, 0.15) is 5.56 Å². The number of ether oxygens (including phenoxy) is 2. The molecule has 0 radical (unpaired) electrons. The van der Waals surface area contributed by atoms with Crippen molar-refractivity contribution in [2.75, 3.05) is 21.3 Å². The van der Waals surface area contributed by atoms with Crippen molar-refractivity contribution in [3.63, 3.8) is 0 Å². The summed E-state index contributed by atoms with van der Waals surface area (Å²) in [6, 6.07) is 3.85. The molecular formula is C10H14BrNO3. The number of nitrogens with one attached hydrogen (secondary N) is 1. The Hall–Kier alpha value is -0.780. The monoisotopic (exact) mass is 275 g/mol. The van der Waals surface area contributed by atoms with Gasteiger partial charge in [0.15, 0.2) is 11.5 Å². The molecule has 0 aliphatic heterocycles. The van der Waals surface area contributed by atoms with Crippen LogP contribution in [0.4, 0.5) is 0 Å². The third-order valence-corrected chi connectivity index (χ3v) is 2.50. The SMILES string of the molecule is CONCc1cc(Br)c(OC)c(OC)c1. The van der Waals surface area contributed by atoms with E-state index >= 15 is 0 Å². The highest BCUT2D eigenvalue weighted by atomic mass is 79.9. The second kappa shape index (κ2) is 5.95. The van der Waals surface area contributed by atoms with E-state index in [4.69, 9.17) is 14.3 Å². The number of hydrogen-bond donors (Lipinski definition) is 1. The molecule has 5 heteroatoms. The molecule has 0 aromatic heterocycles. The Bertz CT molecular complexity index is 331. The van der Waals surface area contributed by atoms with Gasteiger partial charge in [-0.2, -0.15) is 5.48 Å². The van der Waals surface area contributed by atoms with Gasteiger partial charge in [0.05, 0.1) is 25.8 Å². The second-order valence-electron chi connectivity index (χ2n) is 2.84. The van der Waals surface area contributed by atoms with Gasteiger partial charge in [-0.25, -0.2) is 0 Å². The molecule has 0 aliphatic carbocycles. The van der Waals surface area contributed by atoms with E-state index in [0.29, 0.717) is 18.0 Å². The topological polar surface area (TPSA) is 39.7 Å². The molecule has 0 heterocycles. The quantitative estimate of drug-likeness (QED) is 0.836. The molecule has 0 fully saturated rings. The summed E-state index contributed by atoms with van der Waals surface area (Å²) in [6.45, 7) is 0.607. The molecular weight excluding hydrogens is 262 g/mol. The molecule has 0 amide bonds. The molecule has 0 atom stereocenters. The van der Waals surface area contributed by atoms with Crippen molar-refractivity contribution in [2.45, 2.75) is 6.54 Å². The first-order valence-electron chi connectivity index (χ1n) is 4.39. The number of rotatable bonds is 5. The first-order valence-corrected chi connectivity index (χ1v) is 5.18. The van der Waals surface area contributed by atoms with Crippen LogP contribution in [-0.2, 0) is 11.4 Å². The second-order valence-corrected chi connectivity index (χ2v) is 3.69. The van der Waals surface area contributed by atoms with Crippen LogP contribution < -0.4 is 15.0 Å². The van der Waals surface area contributed by atoms with Gasteiger partial charge in [-0.15, -0.1) is 0 Å². The fraction of sp³-hybridized carbons (Fsp3) is 0.400. The number of hydroxylamine groups is 1. The molecule has 0 bridgehead atoms. The minimum absolute atomic E-state index is 0.607. The van der Waals surface area contributed by atoms with Gasteiger partial charge in [-0.05, 0) is 33.6 Å². The maximum Gasteiger partial charge on any atom is 0.174 e. The van der Waals surface area contributed by atoms with E-state index in [2.05, 4.69) is 21.4 Å². The minimum atomic E-state index is 0.607. The van der Waals surface area contributed by atoms with Crippen LogP contribution in [0, 0.1) is 0 Å². The lowest BCUT2D eigenvalue weighted by Gasteiger charge is -2.11. The first kappa shape index (κ1) is 12.3. The van der Waals surface area contributed by atoms with Gasteiger partial charge in [0.25, 0.3) is 0 Å². The zero-order valence-corrected chi connectivity index (χ0v) is 10.6. The molecule has 1 aromatic carbocycles. The summed E-state index contributed by atoms with van der Waals surface area (Å²) in [7, 11) is 4.79. The van der Waals surface area contributed by atoms with Crippen LogP contribution in [-0.4, -0.2) is 21.3 Å². The summed E-state index contributed by atoms with van der Waals surface area (Å²) in [6.07, 6.45) is 0. The fourth-order valence-electron chi connectivity index (χ4n) is 1.23. The summed E-state index contributed by atoms with van der Waals surface area (Å²) in [5.41, 5.74) is 3.81. The molecule has 0 unspecified atom stereocenters. The van der Waals surface area contributed by atoms with Gasteiger partial charge in [0.1, 0.15) is 0 Å². The van der Waals surface area contributed by atoms with E-state index in [9.17, 15) is 0 Å². The Morgan fingerprint density at radius 2 is 1.93 bits per heavy atom. The smallest absolute Gasteiger partial charge is 0.174 e. The number of hydrogen-bond acceptors (Lipinski definition) is 4. The average Bonchev–Trinajstić information content (AvgIpc) is 2.25. The van der Waals surface area contributed by atoms with Gasteiger partial charge in [0.2, 0.25) is 0 Å². The van der Waals surface area contributed by atoms with E-state index in [0.717, 1.165) is 10.0 Å². The maximum atomic E-state index is 5.21. The lowest BCUT2D eigenvalue weighted by molar-refractivity contribution is 0.0866. The predicted octanol–water partition coefficient (Wildman–Crippen LogP) is 2.12. The predicted molar refractivity (Wildman–Crippen MR) is 61.1 cm³/mol. The third-order valence-electron chi connectivity index (χ3n) is 1.91. The highest BCUT2D eigenvalue weighted by Crippen LogP contribution is 2.36. The zero-order chi connectivity index (χ0) is 11.3. The largest absolute Gasteiger partial charge is 0.493 e. The summed E-state index contributed by atoms with van der Waals surface area (Å²) in [5.74, 6) is 1.39. The van der Waals surface area contributed by atoms with E-state index in [1.807, 2.05) is 12.1 Å². The lowest BCUT2D eigenvalue weighted by Crippen LogP contribution is -2.10. The standard InChI is InChI=1S/C10H14BrNO3/c1-13-9-5-7(6-12-15-3)4-8(11)10(9)14-2/h4-5,12H,6H2,1-3H3. The molecule has 0 aliphatic rings. The number of methoxy groups -OCH3 is 2. The van der Waals surface area contributed by atoms with Crippen LogP contribution in [0.25, 0.3) is 0 Å². The fourth-order valence-corrected chi connectivity index (χ4v) is 1.88. The van der Waals surface area contributed by atoms with Crippen LogP contribution in [0.2, 0.25) is 0 Å². The normalized spacial score (nSPS) is 10.1. The Morgan fingerprint density at radius 1 is 1.20 bits per heavy atom. The third kappa shape index (κ3) is 3.09. The van der Waals surface area contributed by atoms with Crippen molar-refractivity contribution in [3.8, 4) is 11.5 Å². The molecule has 84 valence electrons. The maximum absolute atomic E-state index is 5.21. The van der Waals surface area contributed by atoms with Crippen LogP contribution >= 0.6 is 15.9 Å². The Kier molecular flexibility index (Phi) is 4.87. The molecule has 0 saturated carbocycles. The van der Waals surface area contributed by atoms with E-state index < -0.39 is 0 Å². The van der Waals surface area contributed by atoms with Gasteiger partial charge in [-0.3, -0.25) is 0 Å². The number of halogens is 1. The average molecular weight is 276 g/mol. The molecule has 0 saturated heterocycles. The van der Waals surface area contributed by atoms with Gasteiger partial charge >= 0.3 is 0 Å². The summed E-state index contributed by atoms with van der Waals surface area (Å²) >= 11 is 3.42. The summed E-state index contributed by atoms with van der Waals surface area (Å²) in [5, 5.41) is 0. The van der Waals surface area contributed by atoms with Crippen LogP contribution in [0.3, 0.4) is 0 Å². The molecule has 1 N–H and O–H groups in total. The molecule has 15 heavy (non-hydrogen) atoms. The van der Waals surface area contributed by atoms with Crippen molar-refractivity contribution in [1.82, 2.24) is 5.48 Å². The van der Waals surface area contributed by atoms with Crippen molar-refractivity contribution >= 4 is 15.9 Å². The highest BCUT2D eigenvalue weighted by Gasteiger charge is 2.09. The summed E-state index contributed by atoms with van der Waals surface area (Å²) in [4.78, 5) is 4.78. The van der Waals surface area contributed by atoms with E-state index in [1.165, 1.54) is 0 Å². The first-order chi connectivity index (χ1) is 7.22. The summed E-state index contributed by atoms with van der Waals surface area (Å²) < 4.78 is 11.3. The van der Waals surface area contributed by atoms with Crippen molar-refractivity contribution in [3.05, 3.63) is 22.2 Å². The van der Waals surface area contributed by atoms with Gasteiger partial charge in [0, 0.05) is 6.54 Å². The molecule has 1 aromatic rings. The highest BCUT2D eigenvalue weighted by molar-refractivity contribution is 9.10. The van der Waals surface area contributed by atoms with Crippen molar-refractivity contribution in [2.24, 2.45) is 0 Å². The minimum Gasteiger partial charge on any atom is -0.493 e.